The van der Waals surface area contributed by atoms with Gasteiger partial charge in [0, 0.05) is 16.7 Å². The Hall–Kier alpha value is -4.48. The molecule has 0 unspecified atom stereocenters. The van der Waals surface area contributed by atoms with Gasteiger partial charge in [0.25, 0.3) is 0 Å². The van der Waals surface area contributed by atoms with Gasteiger partial charge in [0.05, 0.1) is 6.26 Å². The average Bonchev–Trinajstić information content (AvgIpc) is 2.82. The van der Waals surface area contributed by atoms with Crippen LogP contribution in [-0.2, 0) is 4.74 Å². The summed E-state index contributed by atoms with van der Waals surface area (Å²) in [5.41, 5.74) is 4.12. The number of rotatable bonds is 4. The molecule has 0 saturated heterocycles. The quantitative estimate of drug-likeness (QED) is 0.473. The zero-order valence-corrected chi connectivity index (χ0v) is 17.3. The van der Waals surface area contributed by atoms with Crippen LogP contribution in [0.2, 0.25) is 0 Å². The molecule has 1 aliphatic heterocycles. The summed E-state index contributed by atoms with van der Waals surface area (Å²) in [5, 5.41) is 29.3. The Balaban J connectivity index is 1.82. The minimum Gasteiger partial charge on any atom is -0.504 e. The van der Waals surface area contributed by atoms with Gasteiger partial charge in [0.2, 0.25) is 0 Å². The monoisotopic (exact) mass is 420 g/mol. The van der Waals surface area contributed by atoms with Gasteiger partial charge in [-0.1, -0.05) is 43.0 Å². The van der Waals surface area contributed by atoms with Gasteiger partial charge in [0.15, 0.2) is 11.5 Å². The van der Waals surface area contributed by atoms with Crippen LogP contribution in [0, 0.1) is 22.7 Å². The molecule has 5 heteroatoms. The number of aromatic hydroxyl groups is 1. The van der Waals surface area contributed by atoms with E-state index in [9.17, 15) is 15.6 Å². The molecule has 1 heterocycles. The molecule has 2 aromatic rings. The number of ether oxygens (including phenoxy) is 2. The Kier molecular flexibility index (Phi) is 5.92. The molecule has 2 aliphatic rings. The van der Waals surface area contributed by atoms with Gasteiger partial charge in [-0.25, -0.2) is 0 Å². The van der Waals surface area contributed by atoms with Gasteiger partial charge in [-0.2, -0.15) is 10.5 Å². The van der Waals surface area contributed by atoms with E-state index >= 15 is 0 Å². The Bertz CT molecular complexity index is 1270. The second-order valence-electron chi connectivity index (χ2n) is 7.33. The Morgan fingerprint density at radius 2 is 1.88 bits per heavy atom. The molecule has 156 valence electrons. The molecule has 0 aromatic heterocycles. The third kappa shape index (κ3) is 4.05. The van der Waals surface area contributed by atoms with Crippen molar-refractivity contribution < 1.29 is 14.6 Å². The maximum Gasteiger partial charge on any atom is 0.168 e. The van der Waals surface area contributed by atoms with E-state index in [2.05, 4.69) is 6.58 Å². The first kappa shape index (κ1) is 20.8. The van der Waals surface area contributed by atoms with E-state index in [-0.39, 0.29) is 11.3 Å². The lowest BCUT2D eigenvalue weighted by atomic mass is 9.84. The molecule has 4 rings (SSSR count). The summed E-state index contributed by atoms with van der Waals surface area (Å²) < 4.78 is 11.5. The SMILES string of the molecule is C=COc1ccc(C=C2CCCC3=C2OC(c2ccccc2)=CC3=C(C#N)C#N)cc1O. The molecule has 32 heavy (non-hydrogen) atoms. The number of phenols is 1. The molecule has 5 nitrogen and oxygen atoms in total. The highest BCUT2D eigenvalue weighted by atomic mass is 16.5. The normalized spacial score (nSPS) is 16.2. The summed E-state index contributed by atoms with van der Waals surface area (Å²) in [6.45, 7) is 3.50. The van der Waals surface area contributed by atoms with Crippen molar-refractivity contribution in [3.05, 3.63) is 107 Å². The smallest absolute Gasteiger partial charge is 0.168 e. The van der Waals surface area contributed by atoms with Crippen molar-refractivity contribution in [2.45, 2.75) is 19.3 Å². The van der Waals surface area contributed by atoms with Crippen molar-refractivity contribution in [2.75, 3.05) is 0 Å². The highest BCUT2D eigenvalue weighted by Gasteiger charge is 2.28. The molecule has 0 atom stereocenters. The van der Waals surface area contributed by atoms with Crippen LogP contribution in [0.25, 0.3) is 11.8 Å². The first-order valence-electron chi connectivity index (χ1n) is 10.2. The Morgan fingerprint density at radius 3 is 2.56 bits per heavy atom. The largest absolute Gasteiger partial charge is 0.504 e. The van der Waals surface area contributed by atoms with Crippen molar-refractivity contribution in [1.82, 2.24) is 0 Å². The first-order valence-corrected chi connectivity index (χ1v) is 10.2. The number of allylic oxidation sites excluding steroid dienone is 5. The maximum absolute atomic E-state index is 10.2. The zero-order chi connectivity index (χ0) is 22.5. The molecular weight excluding hydrogens is 400 g/mol. The molecule has 0 spiro atoms. The van der Waals surface area contributed by atoms with E-state index in [0.717, 1.165) is 35.1 Å². The minimum absolute atomic E-state index is 0.00975. The molecule has 1 N–H and O–H groups in total. The predicted molar refractivity (Wildman–Crippen MR) is 122 cm³/mol. The average molecular weight is 420 g/mol. The molecular formula is C27H20N2O3. The molecule has 0 bridgehead atoms. The minimum atomic E-state index is 0.00975. The van der Waals surface area contributed by atoms with Gasteiger partial charge in [-0.3, -0.25) is 0 Å². The fourth-order valence-electron chi connectivity index (χ4n) is 3.88. The van der Waals surface area contributed by atoms with E-state index < -0.39 is 0 Å². The van der Waals surface area contributed by atoms with Crippen LogP contribution in [0.3, 0.4) is 0 Å². The van der Waals surface area contributed by atoms with Gasteiger partial charge in [-0.05, 0) is 54.7 Å². The second-order valence-corrected chi connectivity index (χ2v) is 7.33. The summed E-state index contributed by atoms with van der Waals surface area (Å²) in [6.07, 6.45) is 7.34. The lowest BCUT2D eigenvalue weighted by Crippen LogP contribution is -2.13. The van der Waals surface area contributed by atoms with E-state index in [0.29, 0.717) is 29.3 Å². The van der Waals surface area contributed by atoms with Crippen molar-refractivity contribution in [3.8, 4) is 23.6 Å². The fourth-order valence-corrected chi connectivity index (χ4v) is 3.88. The number of nitriles is 2. The highest BCUT2D eigenvalue weighted by Crippen LogP contribution is 2.43. The third-order valence-corrected chi connectivity index (χ3v) is 5.34. The topological polar surface area (TPSA) is 86.3 Å². The van der Waals surface area contributed by atoms with Gasteiger partial charge in [-0.15, -0.1) is 0 Å². The number of phenolic OH excluding ortho intramolecular Hbond substituents is 1. The number of hydrogen-bond donors (Lipinski definition) is 1. The second kappa shape index (κ2) is 9.12. The van der Waals surface area contributed by atoms with Crippen LogP contribution in [-0.4, -0.2) is 5.11 Å². The fraction of sp³-hybridized carbons (Fsp3) is 0.111. The van der Waals surface area contributed by atoms with E-state index in [1.807, 2.05) is 54.6 Å². The van der Waals surface area contributed by atoms with Crippen molar-refractivity contribution in [3.63, 3.8) is 0 Å². The molecule has 0 fully saturated rings. The predicted octanol–water partition coefficient (Wildman–Crippen LogP) is 6.15. The van der Waals surface area contributed by atoms with Crippen molar-refractivity contribution >= 4 is 11.8 Å². The van der Waals surface area contributed by atoms with Crippen LogP contribution in [0.5, 0.6) is 11.5 Å². The lowest BCUT2D eigenvalue weighted by molar-refractivity contribution is 0.369. The van der Waals surface area contributed by atoms with Crippen molar-refractivity contribution in [2.24, 2.45) is 0 Å². The van der Waals surface area contributed by atoms with Gasteiger partial charge >= 0.3 is 0 Å². The summed E-state index contributed by atoms with van der Waals surface area (Å²) in [4.78, 5) is 0. The van der Waals surface area contributed by atoms with Gasteiger partial charge in [0.1, 0.15) is 29.2 Å². The van der Waals surface area contributed by atoms with E-state index in [4.69, 9.17) is 9.47 Å². The van der Waals surface area contributed by atoms with Crippen LogP contribution in [0.4, 0.5) is 0 Å². The Morgan fingerprint density at radius 1 is 1.09 bits per heavy atom. The van der Waals surface area contributed by atoms with Crippen LogP contribution < -0.4 is 4.74 Å². The standard InChI is InChI=1S/C27H20N2O3/c1-2-31-25-12-11-18(14-24(25)30)13-20-9-6-10-22-23(21(16-28)17-29)15-26(32-27(20)22)19-7-4-3-5-8-19/h2-5,7-8,11-15,30H,1,6,9-10H2. The van der Waals surface area contributed by atoms with E-state index in [1.54, 1.807) is 18.2 Å². The molecule has 2 aromatic carbocycles. The first-order chi connectivity index (χ1) is 15.6. The number of hydrogen-bond acceptors (Lipinski definition) is 5. The molecule has 0 amide bonds. The summed E-state index contributed by atoms with van der Waals surface area (Å²) in [6, 6.07) is 18.8. The van der Waals surface area contributed by atoms with E-state index in [1.165, 1.54) is 6.26 Å². The zero-order valence-electron chi connectivity index (χ0n) is 17.3. The van der Waals surface area contributed by atoms with Gasteiger partial charge < -0.3 is 14.6 Å². The maximum atomic E-state index is 10.2. The molecule has 0 radical (unpaired) electrons. The highest BCUT2D eigenvalue weighted by molar-refractivity contribution is 5.75. The number of nitrogens with zero attached hydrogens (tertiary/aromatic N) is 2. The summed E-state index contributed by atoms with van der Waals surface area (Å²) in [7, 11) is 0. The van der Waals surface area contributed by atoms with Crippen LogP contribution >= 0.6 is 0 Å². The lowest BCUT2D eigenvalue weighted by Gasteiger charge is -2.29. The molecule has 1 aliphatic carbocycles. The van der Waals surface area contributed by atoms with Crippen LogP contribution in [0.1, 0.15) is 30.4 Å². The Labute approximate surface area is 186 Å². The third-order valence-electron chi connectivity index (χ3n) is 5.34. The summed E-state index contributed by atoms with van der Waals surface area (Å²) >= 11 is 0. The van der Waals surface area contributed by atoms with Crippen LogP contribution in [0.15, 0.2) is 95.5 Å². The summed E-state index contributed by atoms with van der Waals surface area (Å²) in [5.74, 6) is 1.59. The number of benzene rings is 2. The van der Waals surface area contributed by atoms with Crippen molar-refractivity contribution in [1.29, 1.82) is 10.5 Å². The molecule has 0 saturated carbocycles.